The van der Waals surface area contributed by atoms with Gasteiger partial charge in [-0.3, -0.25) is 4.79 Å². The maximum absolute atomic E-state index is 12.3. The van der Waals surface area contributed by atoms with E-state index in [1.165, 1.54) is 0 Å². The second-order valence-corrected chi connectivity index (χ2v) is 5.27. The van der Waals surface area contributed by atoms with Crippen LogP contribution >= 0.6 is 0 Å². The van der Waals surface area contributed by atoms with Crippen LogP contribution in [0.2, 0.25) is 0 Å². The number of imidazole rings is 1. The summed E-state index contributed by atoms with van der Waals surface area (Å²) in [6.07, 6.45) is 0. The number of furan rings is 1. The van der Waals surface area contributed by atoms with Gasteiger partial charge in [0.1, 0.15) is 17.3 Å². The Kier molecular flexibility index (Phi) is 3.71. The highest BCUT2D eigenvalue weighted by molar-refractivity contribution is 5.95. The smallest absolute Gasteiger partial charge is 0.255 e. The fourth-order valence-electron chi connectivity index (χ4n) is 2.72. The standard InChI is InChI=1S/C17H19N3O2/c1-4-20-15-8-6-5-7-14(15)19-16(20)10-18-17(21)13-9-11(2)22-12(13)3/h5-9H,4,10H2,1-3H3,(H,18,21). The highest BCUT2D eigenvalue weighted by Crippen LogP contribution is 2.17. The molecule has 2 heterocycles. The van der Waals surface area contributed by atoms with E-state index in [9.17, 15) is 4.79 Å². The molecule has 0 aliphatic heterocycles. The molecule has 0 fully saturated rings. The van der Waals surface area contributed by atoms with Crippen molar-refractivity contribution in [3.05, 3.63) is 53.2 Å². The Morgan fingerprint density at radius 3 is 2.77 bits per heavy atom. The Hall–Kier alpha value is -2.56. The lowest BCUT2D eigenvalue weighted by Gasteiger charge is -2.07. The van der Waals surface area contributed by atoms with Gasteiger partial charge in [0.15, 0.2) is 0 Å². The second-order valence-electron chi connectivity index (χ2n) is 5.27. The first-order valence-corrected chi connectivity index (χ1v) is 7.39. The van der Waals surface area contributed by atoms with Gasteiger partial charge in [-0.15, -0.1) is 0 Å². The van der Waals surface area contributed by atoms with E-state index in [-0.39, 0.29) is 5.91 Å². The Balaban J connectivity index is 1.82. The second kappa shape index (κ2) is 5.67. The first kappa shape index (κ1) is 14.4. The lowest BCUT2D eigenvalue weighted by Crippen LogP contribution is -2.24. The van der Waals surface area contributed by atoms with Gasteiger partial charge in [0.05, 0.1) is 23.1 Å². The number of fused-ring (bicyclic) bond motifs is 1. The van der Waals surface area contributed by atoms with Crippen molar-refractivity contribution in [3.63, 3.8) is 0 Å². The number of nitrogens with zero attached hydrogens (tertiary/aromatic N) is 2. The summed E-state index contributed by atoms with van der Waals surface area (Å²) in [6, 6.07) is 9.75. The molecule has 1 amide bonds. The number of hydrogen-bond acceptors (Lipinski definition) is 3. The maximum Gasteiger partial charge on any atom is 0.255 e. The number of amides is 1. The number of nitrogens with one attached hydrogen (secondary N) is 1. The molecule has 0 saturated carbocycles. The monoisotopic (exact) mass is 297 g/mol. The third kappa shape index (κ3) is 2.50. The van der Waals surface area contributed by atoms with Crippen molar-refractivity contribution in [2.24, 2.45) is 0 Å². The van der Waals surface area contributed by atoms with Crippen molar-refractivity contribution >= 4 is 16.9 Å². The Labute approximate surface area is 129 Å². The van der Waals surface area contributed by atoms with Crippen molar-refractivity contribution in [1.82, 2.24) is 14.9 Å². The zero-order valence-electron chi connectivity index (χ0n) is 13.0. The number of carbonyl (C=O) groups is 1. The van der Waals surface area contributed by atoms with Gasteiger partial charge >= 0.3 is 0 Å². The molecule has 0 unspecified atom stereocenters. The van der Waals surface area contributed by atoms with Gasteiger partial charge in [0.2, 0.25) is 0 Å². The van der Waals surface area contributed by atoms with Crippen molar-refractivity contribution in [1.29, 1.82) is 0 Å². The lowest BCUT2D eigenvalue weighted by molar-refractivity contribution is 0.0948. The molecule has 0 saturated heterocycles. The molecule has 0 spiro atoms. The van der Waals surface area contributed by atoms with Crippen LogP contribution < -0.4 is 5.32 Å². The molecule has 0 bridgehead atoms. The summed E-state index contributed by atoms with van der Waals surface area (Å²) in [7, 11) is 0. The average molecular weight is 297 g/mol. The fourth-order valence-corrected chi connectivity index (χ4v) is 2.72. The average Bonchev–Trinajstić information content (AvgIpc) is 3.03. The molecule has 1 N–H and O–H groups in total. The fraction of sp³-hybridized carbons (Fsp3) is 0.294. The third-order valence-corrected chi connectivity index (χ3v) is 3.74. The Bertz CT molecular complexity index is 830. The van der Waals surface area contributed by atoms with Crippen molar-refractivity contribution in [3.8, 4) is 0 Å². The zero-order valence-corrected chi connectivity index (χ0v) is 13.0. The molecule has 3 aromatic rings. The normalized spacial score (nSPS) is 11.0. The number of carbonyl (C=O) groups excluding carboxylic acids is 1. The molecular weight excluding hydrogens is 278 g/mol. The van der Waals surface area contributed by atoms with E-state index in [0.717, 1.165) is 29.2 Å². The Morgan fingerprint density at radius 2 is 2.09 bits per heavy atom. The minimum Gasteiger partial charge on any atom is -0.466 e. The molecule has 5 heteroatoms. The molecule has 0 aliphatic rings. The van der Waals surface area contributed by atoms with E-state index in [0.29, 0.717) is 17.9 Å². The van der Waals surface area contributed by atoms with Gasteiger partial charge in [-0.1, -0.05) is 12.1 Å². The van der Waals surface area contributed by atoms with Crippen LogP contribution in [-0.2, 0) is 13.1 Å². The maximum atomic E-state index is 12.3. The largest absolute Gasteiger partial charge is 0.466 e. The van der Waals surface area contributed by atoms with E-state index < -0.39 is 0 Å². The van der Waals surface area contributed by atoms with Crippen LogP contribution in [0.1, 0.15) is 34.6 Å². The van der Waals surface area contributed by atoms with E-state index in [2.05, 4.69) is 21.8 Å². The first-order valence-electron chi connectivity index (χ1n) is 7.39. The van der Waals surface area contributed by atoms with Gasteiger partial charge in [-0.25, -0.2) is 4.98 Å². The number of para-hydroxylation sites is 2. The summed E-state index contributed by atoms with van der Waals surface area (Å²) in [5.41, 5.74) is 2.62. The first-order chi connectivity index (χ1) is 10.6. The minimum absolute atomic E-state index is 0.135. The molecule has 3 rings (SSSR count). The van der Waals surface area contributed by atoms with Gasteiger partial charge in [-0.05, 0) is 39.0 Å². The third-order valence-electron chi connectivity index (χ3n) is 3.74. The van der Waals surface area contributed by atoms with E-state index in [4.69, 9.17) is 4.42 Å². The van der Waals surface area contributed by atoms with Crippen LogP contribution in [0.5, 0.6) is 0 Å². The predicted molar refractivity (Wildman–Crippen MR) is 84.8 cm³/mol. The van der Waals surface area contributed by atoms with Crippen LogP contribution in [0.4, 0.5) is 0 Å². The molecule has 1 aromatic carbocycles. The predicted octanol–water partition coefficient (Wildman–Crippen LogP) is 3.20. The van der Waals surface area contributed by atoms with Crippen LogP contribution in [0.15, 0.2) is 34.7 Å². The molecule has 114 valence electrons. The summed E-state index contributed by atoms with van der Waals surface area (Å²) in [5.74, 6) is 2.10. The number of rotatable bonds is 4. The van der Waals surface area contributed by atoms with Gasteiger partial charge in [-0.2, -0.15) is 0 Å². The van der Waals surface area contributed by atoms with E-state index >= 15 is 0 Å². The molecule has 0 atom stereocenters. The minimum atomic E-state index is -0.135. The topological polar surface area (TPSA) is 60.1 Å². The van der Waals surface area contributed by atoms with E-state index in [1.807, 2.05) is 31.2 Å². The summed E-state index contributed by atoms with van der Waals surface area (Å²) in [6.45, 7) is 6.91. The molecule has 22 heavy (non-hydrogen) atoms. The summed E-state index contributed by atoms with van der Waals surface area (Å²) in [4.78, 5) is 16.9. The number of hydrogen-bond donors (Lipinski definition) is 1. The molecule has 5 nitrogen and oxygen atoms in total. The number of aryl methyl sites for hydroxylation is 3. The Morgan fingerprint density at radius 1 is 1.32 bits per heavy atom. The van der Waals surface area contributed by atoms with Crippen molar-refractivity contribution < 1.29 is 9.21 Å². The summed E-state index contributed by atoms with van der Waals surface area (Å²) < 4.78 is 7.51. The number of aromatic nitrogens is 2. The van der Waals surface area contributed by atoms with Gasteiger partial charge in [0, 0.05) is 6.54 Å². The van der Waals surface area contributed by atoms with Crippen LogP contribution in [0.25, 0.3) is 11.0 Å². The quantitative estimate of drug-likeness (QED) is 0.804. The lowest BCUT2D eigenvalue weighted by atomic mass is 10.2. The van der Waals surface area contributed by atoms with Crippen LogP contribution in [0, 0.1) is 13.8 Å². The summed E-state index contributed by atoms with van der Waals surface area (Å²) >= 11 is 0. The molecule has 0 aliphatic carbocycles. The summed E-state index contributed by atoms with van der Waals surface area (Å²) in [5, 5.41) is 2.92. The molecule has 2 aromatic heterocycles. The SMILES string of the molecule is CCn1c(CNC(=O)c2cc(C)oc2C)nc2ccccc21. The highest BCUT2D eigenvalue weighted by Gasteiger charge is 2.15. The highest BCUT2D eigenvalue weighted by atomic mass is 16.3. The van der Waals surface area contributed by atoms with E-state index in [1.54, 1.807) is 13.0 Å². The van der Waals surface area contributed by atoms with Gasteiger partial charge < -0.3 is 14.3 Å². The molecule has 0 radical (unpaired) electrons. The zero-order chi connectivity index (χ0) is 15.7. The molecular formula is C17H19N3O2. The number of benzene rings is 1. The van der Waals surface area contributed by atoms with Crippen LogP contribution in [0.3, 0.4) is 0 Å². The van der Waals surface area contributed by atoms with Gasteiger partial charge in [0.25, 0.3) is 5.91 Å². The van der Waals surface area contributed by atoms with Crippen molar-refractivity contribution in [2.45, 2.75) is 33.9 Å². The van der Waals surface area contributed by atoms with Crippen LogP contribution in [-0.4, -0.2) is 15.5 Å². The van der Waals surface area contributed by atoms with Crippen molar-refractivity contribution in [2.75, 3.05) is 0 Å².